The highest BCUT2D eigenvalue weighted by Gasteiger charge is 2.35. The van der Waals surface area contributed by atoms with Crippen LogP contribution in [0.25, 0.3) is 33.0 Å². The third-order valence-corrected chi connectivity index (χ3v) is 9.40. The SMILES string of the molecule is CC(C)=CCc1ccc2[nH]c3c(c2c1)C(=O)C(=O)C(C)=C3C[C@@H](C)O.CCCCCCCC1=C(C)C(=O)C(=O)c2c1[nH]c1ccccc21. The molecular formula is C41H46N2O5. The van der Waals surface area contributed by atoms with Gasteiger partial charge in [-0.2, -0.15) is 0 Å². The number of carbonyl (C=O) groups is 4. The maximum atomic E-state index is 12.6. The third-order valence-electron chi connectivity index (χ3n) is 9.40. The van der Waals surface area contributed by atoms with Gasteiger partial charge in [-0.05, 0) is 88.8 Å². The zero-order valence-corrected chi connectivity index (χ0v) is 28.9. The second kappa shape index (κ2) is 14.7. The number of allylic oxidation sites excluding steroid dienone is 5. The maximum absolute atomic E-state index is 12.6. The molecule has 0 bridgehead atoms. The number of aliphatic hydroxyl groups excluding tert-OH is 1. The fourth-order valence-corrected chi connectivity index (χ4v) is 6.74. The number of carbonyl (C=O) groups excluding carboxylic acids is 4. The summed E-state index contributed by atoms with van der Waals surface area (Å²) in [5, 5.41) is 11.4. The van der Waals surface area contributed by atoms with E-state index in [0.29, 0.717) is 34.4 Å². The molecule has 0 saturated carbocycles. The van der Waals surface area contributed by atoms with Crippen molar-refractivity contribution in [1.29, 1.82) is 0 Å². The molecule has 7 nitrogen and oxygen atoms in total. The van der Waals surface area contributed by atoms with E-state index < -0.39 is 17.7 Å². The normalized spacial score (nSPS) is 15.1. The van der Waals surface area contributed by atoms with Crippen LogP contribution in [0, 0.1) is 0 Å². The molecule has 1 atom stereocenters. The first-order valence-corrected chi connectivity index (χ1v) is 17.1. The second-order valence-corrected chi connectivity index (χ2v) is 13.4. The van der Waals surface area contributed by atoms with Gasteiger partial charge in [0.1, 0.15) is 0 Å². The number of benzene rings is 2. The fraction of sp³-hybridized carbons (Fsp3) is 0.366. The van der Waals surface area contributed by atoms with Crippen LogP contribution in [-0.2, 0) is 16.0 Å². The van der Waals surface area contributed by atoms with Crippen molar-refractivity contribution >= 4 is 56.1 Å². The average Bonchev–Trinajstić information content (AvgIpc) is 3.64. The van der Waals surface area contributed by atoms with Gasteiger partial charge in [-0.15, -0.1) is 0 Å². The summed E-state index contributed by atoms with van der Waals surface area (Å²) >= 11 is 0. The Hall–Kier alpha value is -4.62. The molecule has 2 aliphatic carbocycles. The maximum Gasteiger partial charge on any atom is 0.235 e. The quantitative estimate of drug-likeness (QED) is 0.0902. The highest BCUT2D eigenvalue weighted by molar-refractivity contribution is 6.54. The van der Waals surface area contributed by atoms with Crippen molar-refractivity contribution in [3.05, 3.63) is 93.3 Å². The monoisotopic (exact) mass is 646 g/mol. The van der Waals surface area contributed by atoms with Crippen LogP contribution in [0.15, 0.2) is 65.3 Å². The molecule has 6 rings (SSSR count). The van der Waals surface area contributed by atoms with Crippen molar-refractivity contribution < 1.29 is 24.3 Å². The number of aromatic amines is 2. The molecule has 250 valence electrons. The lowest BCUT2D eigenvalue weighted by Gasteiger charge is -2.18. The molecule has 2 aromatic carbocycles. The first-order chi connectivity index (χ1) is 22.9. The largest absolute Gasteiger partial charge is 0.393 e. The van der Waals surface area contributed by atoms with Gasteiger partial charge in [-0.3, -0.25) is 19.2 Å². The number of unbranched alkanes of at least 4 members (excludes halogenated alkanes) is 4. The summed E-state index contributed by atoms with van der Waals surface area (Å²) < 4.78 is 0. The Kier molecular flexibility index (Phi) is 10.6. The summed E-state index contributed by atoms with van der Waals surface area (Å²) in [6.45, 7) is 11.4. The number of fused-ring (bicyclic) bond motifs is 6. The summed E-state index contributed by atoms with van der Waals surface area (Å²) in [5.74, 6) is -1.65. The Balaban J connectivity index is 0.000000188. The van der Waals surface area contributed by atoms with Crippen LogP contribution in [0.3, 0.4) is 0 Å². The Labute approximate surface area is 282 Å². The molecule has 0 aliphatic heterocycles. The van der Waals surface area contributed by atoms with Gasteiger partial charge >= 0.3 is 0 Å². The summed E-state index contributed by atoms with van der Waals surface area (Å²) in [6, 6.07) is 13.7. The van der Waals surface area contributed by atoms with E-state index in [-0.39, 0.29) is 11.6 Å². The van der Waals surface area contributed by atoms with Gasteiger partial charge in [-0.25, -0.2) is 0 Å². The third kappa shape index (κ3) is 6.83. The zero-order chi connectivity index (χ0) is 34.7. The Morgan fingerprint density at radius 2 is 1.33 bits per heavy atom. The van der Waals surface area contributed by atoms with Crippen LogP contribution in [0.1, 0.15) is 124 Å². The van der Waals surface area contributed by atoms with Gasteiger partial charge in [0, 0.05) is 39.4 Å². The molecule has 0 unspecified atom stereocenters. The van der Waals surface area contributed by atoms with Crippen molar-refractivity contribution in [3.63, 3.8) is 0 Å². The van der Waals surface area contributed by atoms with Gasteiger partial charge in [-0.1, -0.05) is 68.5 Å². The molecule has 0 fully saturated rings. The van der Waals surface area contributed by atoms with Crippen LogP contribution >= 0.6 is 0 Å². The Morgan fingerprint density at radius 3 is 1.98 bits per heavy atom. The van der Waals surface area contributed by atoms with Crippen molar-refractivity contribution in [2.45, 2.75) is 99.0 Å². The van der Waals surface area contributed by atoms with Gasteiger partial charge in [0.05, 0.1) is 28.6 Å². The molecule has 2 heterocycles. The average molecular weight is 647 g/mol. The minimum atomic E-state index is -0.585. The minimum absolute atomic E-state index is 0.342. The fourth-order valence-electron chi connectivity index (χ4n) is 6.74. The van der Waals surface area contributed by atoms with E-state index in [4.69, 9.17) is 0 Å². The van der Waals surface area contributed by atoms with E-state index in [9.17, 15) is 24.3 Å². The standard InChI is InChI=1S/C21H23NO3.C20H23NO2/c1-11(2)5-6-14-7-8-17-16(10-14)18-19(22-17)15(9-12(3)23)13(4)20(24)21(18)25;1-3-4-5-6-7-10-14-13(2)19(22)20(23)17-15-11-8-9-12-16(15)21-18(14)17/h5,7-8,10,12,22-23H,6,9H2,1-4H3;8-9,11-12,21H,3-7,10H2,1-2H3/t12-;/m1./s1. The number of hydrogen-bond acceptors (Lipinski definition) is 5. The predicted octanol–water partition coefficient (Wildman–Crippen LogP) is 9.05. The minimum Gasteiger partial charge on any atom is -0.393 e. The van der Waals surface area contributed by atoms with Gasteiger partial charge in [0.25, 0.3) is 0 Å². The van der Waals surface area contributed by atoms with Crippen LogP contribution in [-0.4, -0.2) is 44.3 Å². The van der Waals surface area contributed by atoms with Crippen molar-refractivity contribution in [3.8, 4) is 0 Å². The summed E-state index contributed by atoms with van der Waals surface area (Å²) in [6.07, 6.45) is 9.47. The van der Waals surface area contributed by atoms with Gasteiger partial charge in [0.15, 0.2) is 0 Å². The van der Waals surface area contributed by atoms with E-state index in [1.165, 1.54) is 31.3 Å². The molecule has 3 N–H and O–H groups in total. The van der Waals surface area contributed by atoms with E-state index >= 15 is 0 Å². The topological polar surface area (TPSA) is 120 Å². The molecule has 2 aromatic heterocycles. The predicted molar refractivity (Wildman–Crippen MR) is 193 cm³/mol. The zero-order valence-electron chi connectivity index (χ0n) is 28.9. The molecular weight excluding hydrogens is 600 g/mol. The van der Waals surface area contributed by atoms with Crippen LogP contribution in [0.5, 0.6) is 0 Å². The molecule has 7 heteroatoms. The molecule has 2 aliphatic rings. The number of nitrogens with one attached hydrogen (secondary N) is 2. The number of para-hydroxylation sites is 1. The van der Waals surface area contributed by atoms with Crippen molar-refractivity contribution in [2.75, 3.05) is 0 Å². The highest BCUT2D eigenvalue weighted by Crippen LogP contribution is 2.38. The smallest absolute Gasteiger partial charge is 0.235 e. The van der Waals surface area contributed by atoms with E-state index in [1.807, 2.05) is 42.5 Å². The summed E-state index contributed by atoms with van der Waals surface area (Å²) in [5.41, 5.74) is 9.45. The van der Waals surface area contributed by atoms with Gasteiger partial charge < -0.3 is 15.1 Å². The molecule has 0 spiro atoms. The second-order valence-electron chi connectivity index (χ2n) is 13.4. The molecule has 48 heavy (non-hydrogen) atoms. The number of H-pyrrole nitrogens is 2. The first kappa shape index (κ1) is 34.7. The number of rotatable bonds is 10. The van der Waals surface area contributed by atoms with Gasteiger partial charge in [0.2, 0.25) is 23.1 Å². The lowest BCUT2D eigenvalue weighted by atomic mass is 9.85. The summed E-state index contributed by atoms with van der Waals surface area (Å²) in [4.78, 5) is 56.5. The lowest BCUT2D eigenvalue weighted by molar-refractivity contribution is -0.112. The van der Waals surface area contributed by atoms with Crippen molar-refractivity contribution in [1.82, 2.24) is 9.97 Å². The number of aliphatic hydroxyl groups is 1. The molecule has 0 radical (unpaired) electrons. The number of hydrogen-bond donors (Lipinski definition) is 3. The number of Topliss-reactive ketones (excluding diaryl/α,β-unsaturated/α-hetero) is 4. The number of aromatic nitrogens is 2. The lowest BCUT2D eigenvalue weighted by Crippen LogP contribution is -2.23. The number of ketones is 4. The molecule has 4 aromatic rings. The molecule has 0 amide bonds. The highest BCUT2D eigenvalue weighted by atomic mass is 16.3. The Bertz CT molecular complexity index is 2020. The van der Waals surface area contributed by atoms with E-state index in [2.05, 4.69) is 36.8 Å². The van der Waals surface area contributed by atoms with Crippen LogP contribution < -0.4 is 0 Å². The van der Waals surface area contributed by atoms with Crippen LogP contribution in [0.2, 0.25) is 0 Å². The van der Waals surface area contributed by atoms with E-state index in [0.717, 1.165) is 63.5 Å². The summed E-state index contributed by atoms with van der Waals surface area (Å²) in [7, 11) is 0. The van der Waals surface area contributed by atoms with Crippen molar-refractivity contribution in [2.24, 2.45) is 0 Å². The van der Waals surface area contributed by atoms with E-state index in [1.54, 1.807) is 20.8 Å². The molecule has 0 saturated heterocycles. The van der Waals surface area contributed by atoms with Crippen LogP contribution in [0.4, 0.5) is 0 Å². The Morgan fingerprint density at radius 1 is 0.750 bits per heavy atom. The first-order valence-electron chi connectivity index (χ1n) is 17.1.